The molecule has 0 atom stereocenters. The van der Waals surface area contributed by atoms with Crippen LogP contribution >= 0.6 is 11.6 Å². The van der Waals surface area contributed by atoms with E-state index in [9.17, 15) is 14.0 Å². The molecule has 0 aliphatic rings. The van der Waals surface area contributed by atoms with Crippen LogP contribution < -0.4 is 11.1 Å². The lowest BCUT2D eigenvalue weighted by molar-refractivity contribution is -0.117. The van der Waals surface area contributed by atoms with Crippen LogP contribution in [0.15, 0.2) is 36.5 Å². The lowest BCUT2D eigenvalue weighted by atomic mass is 10.1. The van der Waals surface area contributed by atoms with Crippen molar-refractivity contribution in [1.82, 2.24) is 4.98 Å². The van der Waals surface area contributed by atoms with Gasteiger partial charge in [-0.15, -0.1) is 0 Å². The number of aromatic nitrogens is 1. The number of halogens is 2. The maximum absolute atomic E-state index is 13.1. The number of carbonyl (C=O) groups excluding carboxylic acids is 2. The van der Waals surface area contributed by atoms with Crippen molar-refractivity contribution in [3.8, 4) is 0 Å². The van der Waals surface area contributed by atoms with Gasteiger partial charge in [-0.05, 0) is 23.8 Å². The van der Waals surface area contributed by atoms with E-state index >= 15 is 0 Å². The fourth-order valence-electron chi connectivity index (χ4n) is 1.69. The molecule has 3 N–H and O–H groups in total. The molecule has 0 saturated carbocycles. The zero-order valence-corrected chi connectivity index (χ0v) is 11.5. The number of anilines is 1. The van der Waals surface area contributed by atoms with Crippen molar-refractivity contribution in [2.45, 2.75) is 6.42 Å². The Bertz CT molecular complexity index is 689. The minimum absolute atomic E-state index is 0.0575. The zero-order chi connectivity index (χ0) is 15.4. The molecule has 21 heavy (non-hydrogen) atoms. The van der Waals surface area contributed by atoms with Gasteiger partial charge >= 0.3 is 0 Å². The first kappa shape index (κ1) is 14.9. The molecule has 0 radical (unpaired) electrons. The average molecular weight is 308 g/mol. The predicted octanol–water partition coefficient (Wildman–Crippen LogP) is 2.15. The van der Waals surface area contributed by atoms with Gasteiger partial charge < -0.3 is 11.1 Å². The highest BCUT2D eigenvalue weighted by Gasteiger charge is 2.13. The Kier molecular flexibility index (Phi) is 4.49. The summed E-state index contributed by atoms with van der Waals surface area (Å²) >= 11 is 5.75. The maximum Gasteiger partial charge on any atom is 0.258 e. The third kappa shape index (κ3) is 4.00. The van der Waals surface area contributed by atoms with Crippen LogP contribution in [0.1, 0.15) is 15.9 Å². The second-order valence-corrected chi connectivity index (χ2v) is 4.64. The molecule has 0 aliphatic heterocycles. The molecule has 0 saturated heterocycles. The Labute approximate surface area is 124 Å². The number of nitrogens with zero attached hydrogens (tertiary/aromatic N) is 1. The van der Waals surface area contributed by atoms with Crippen LogP contribution in [0.5, 0.6) is 0 Å². The Balaban J connectivity index is 2.12. The summed E-state index contributed by atoms with van der Waals surface area (Å²) in [5.74, 6) is -1.67. The molecular weight excluding hydrogens is 297 g/mol. The minimum Gasteiger partial charge on any atom is -0.369 e. The smallest absolute Gasteiger partial charge is 0.258 e. The van der Waals surface area contributed by atoms with Gasteiger partial charge in [-0.3, -0.25) is 9.59 Å². The molecule has 1 aromatic heterocycles. The average Bonchev–Trinajstić information content (AvgIpc) is 2.43. The lowest BCUT2D eigenvalue weighted by Gasteiger charge is -2.07. The number of benzene rings is 1. The van der Waals surface area contributed by atoms with Crippen molar-refractivity contribution in [2.24, 2.45) is 5.73 Å². The Morgan fingerprint density at radius 2 is 1.95 bits per heavy atom. The van der Waals surface area contributed by atoms with E-state index in [1.165, 1.54) is 0 Å². The molecule has 0 fully saturated rings. The zero-order valence-electron chi connectivity index (χ0n) is 10.8. The number of primary amides is 1. The quantitative estimate of drug-likeness (QED) is 0.849. The van der Waals surface area contributed by atoms with E-state index in [1.54, 1.807) is 24.3 Å². The highest BCUT2D eigenvalue weighted by atomic mass is 35.5. The van der Waals surface area contributed by atoms with Gasteiger partial charge in [0.05, 0.1) is 18.2 Å². The van der Waals surface area contributed by atoms with Gasteiger partial charge in [-0.1, -0.05) is 23.7 Å². The van der Waals surface area contributed by atoms with Crippen molar-refractivity contribution in [2.75, 3.05) is 5.32 Å². The van der Waals surface area contributed by atoms with Crippen molar-refractivity contribution in [3.63, 3.8) is 0 Å². The Morgan fingerprint density at radius 3 is 2.57 bits per heavy atom. The van der Waals surface area contributed by atoms with E-state index in [4.69, 9.17) is 17.3 Å². The van der Waals surface area contributed by atoms with Crippen LogP contribution in [0, 0.1) is 5.82 Å². The van der Waals surface area contributed by atoms with Crippen LogP contribution in [0.25, 0.3) is 0 Å². The van der Waals surface area contributed by atoms with Crippen LogP contribution in [-0.4, -0.2) is 16.8 Å². The molecule has 0 spiro atoms. The lowest BCUT2D eigenvalue weighted by Crippen LogP contribution is -2.14. The van der Waals surface area contributed by atoms with Crippen LogP contribution in [0.2, 0.25) is 5.15 Å². The molecule has 1 aromatic carbocycles. The topological polar surface area (TPSA) is 85.1 Å². The van der Waals surface area contributed by atoms with Crippen LogP contribution in [0.4, 0.5) is 10.1 Å². The molecule has 2 aromatic rings. The largest absolute Gasteiger partial charge is 0.369 e. The van der Waals surface area contributed by atoms with Crippen molar-refractivity contribution in [3.05, 3.63) is 58.6 Å². The minimum atomic E-state index is -0.652. The van der Waals surface area contributed by atoms with E-state index in [0.717, 1.165) is 17.8 Å². The molecule has 0 aliphatic carbocycles. The van der Waals surface area contributed by atoms with Gasteiger partial charge in [0.25, 0.3) is 5.91 Å². The van der Waals surface area contributed by atoms with Crippen molar-refractivity contribution < 1.29 is 14.0 Å². The summed E-state index contributed by atoms with van der Waals surface area (Å²) in [5.41, 5.74) is 6.23. The molecule has 2 amide bonds. The van der Waals surface area contributed by atoms with E-state index in [-0.39, 0.29) is 17.1 Å². The molecule has 1 heterocycles. The van der Waals surface area contributed by atoms with Gasteiger partial charge in [-0.25, -0.2) is 9.37 Å². The predicted molar refractivity (Wildman–Crippen MR) is 76.5 cm³/mol. The van der Waals surface area contributed by atoms with Gasteiger partial charge in [0.15, 0.2) is 0 Å². The highest BCUT2D eigenvalue weighted by Crippen LogP contribution is 2.17. The van der Waals surface area contributed by atoms with E-state index < -0.39 is 17.6 Å². The summed E-state index contributed by atoms with van der Waals surface area (Å²) in [6, 6.07) is 7.54. The van der Waals surface area contributed by atoms with Gasteiger partial charge in [0.2, 0.25) is 5.91 Å². The summed E-state index contributed by atoms with van der Waals surface area (Å²) in [5, 5.41) is 2.48. The molecular formula is C14H11ClFN3O2. The fourth-order valence-corrected chi connectivity index (χ4v) is 1.88. The number of nitrogens with one attached hydrogen (secondary N) is 1. The molecule has 2 rings (SSSR count). The molecule has 108 valence electrons. The normalized spacial score (nSPS) is 10.2. The third-order valence-corrected chi connectivity index (χ3v) is 2.94. The number of hydrogen-bond donors (Lipinski definition) is 2. The molecule has 0 unspecified atom stereocenters. The maximum atomic E-state index is 13.1. The first-order valence-corrected chi connectivity index (χ1v) is 6.33. The fraction of sp³-hybridized carbons (Fsp3) is 0.0714. The number of amides is 2. The standard InChI is InChI=1S/C14H11ClFN3O2/c15-13-11(6-9(16)7-18-13)14(21)19-10-3-1-8(2-4-10)5-12(17)20/h1-4,6-7H,5H2,(H2,17,20)(H,19,21). The number of nitrogens with two attached hydrogens (primary N) is 1. The number of hydrogen-bond acceptors (Lipinski definition) is 3. The molecule has 0 bridgehead atoms. The summed E-state index contributed by atoms with van der Waals surface area (Å²) in [6.45, 7) is 0. The van der Waals surface area contributed by atoms with E-state index in [2.05, 4.69) is 10.3 Å². The summed E-state index contributed by atoms with van der Waals surface area (Å²) < 4.78 is 13.1. The van der Waals surface area contributed by atoms with Gasteiger partial charge in [0, 0.05) is 5.69 Å². The number of carbonyl (C=O) groups is 2. The van der Waals surface area contributed by atoms with Crippen LogP contribution in [-0.2, 0) is 11.2 Å². The number of rotatable bonds is 4. The Morgan fingerprint density at radius 1 is 1.29 bits per heavy atom. The van der Waals surface area contributed by atoms with Crippen molar-refractivity contribution >= 4 is 29.1 Å². The monoisotopic (exact) mass is 307 g/mol. The van der Waals surface area contributed by atoms with E-state index in [1.807, 2.05) is 0 Å². The number of pyridine rings is 1. The van der Waals surface area contributed by atoms with Gasteiger partial charge in [-0.2, -0.15) is 0 Å². The molecule has 7 heteroatoms. The first-order chi connectivity index (χ1) is 9.95. The second kappa shape index (κ2) is 6.32. The van der Waals surface area contributed by atoms with Gasteiger partial charge in [0.1, 0.15) is 11.0 Å². The highest BCUT2D eigenvalue weighted by molar-refractivity contribution is 6.33. The second-order valence-electron chi connectivity index (χ2n) is 4.29. The van der Waals surface area contributed by atoms with Crippen LogP contribution in [0.3, 0.4) is 0 Å². The third-order valence-electron chi connectivity index (χ3n) is 2.64. The summed E-state index contributed by atoms with van der Waals surface area (Å²) in [7, 11) is 0. The van der Waals surface area contributed by atoms with E-state index in [0.29, 0.717) is 5.69 Å². The molecule has 5 nitrogen and oxygen atoms in total. The SMILES string of the molecule is NC(=O)Cc1ccc(NC(=O)c2cc(F)cnc2Cl)cc1. The summed E-state index contributed by atoms with van der Waals surface area (Å²) in [4.78, 5) is 26.3. The summed E-state index contributed by atoms with van der Waals surface area (Å²) in [6.07, 6.45) is 1.05. The first-order valence-electron chi connectivity index (χ1n) is 5.95. The Hall–Kier alpha value is -2.47. The van der Waals surface area contributed by atoms with Crippen molar-refractivity contribution in [1.29, 1.82) is 0 Å².